The number of carbonyl (C=O) groups is 2. The van der Waals surface area contributed by atoms with Gasteiger partial charge in [0, 0.05) is 22.5 Å². The molecule has 7 heteroatoms. The predicted octanol–water partition coefficient (Wildman–Crippen LogP) is 4.65. The zero-order chi connectivity index (χ0) is 22.1. The lowest BCUT2D eigenvalue weighted by molar-refractivity contribution is -0.128. The summed E-state index contributed by atoms with van der Waals surface area (Å²) in [5.41, 5.74) is 3.40. The van der Waals surface area contributed by atoms with Crippen LogP contribution in [-0.2, 0) is 9.59 Å². The first-order chi connectivity index (χ1) is 15.6. The Balaban J connectivity index is 1.42. The Hall–Kier alpha value is -3.19. The topological polar surface area (TPSA) is 71.5 Å². The second kappa shape index (κ2) is 8.74. The van der Waals surface area contributed by atoms with E-state index in [1.54, 1.807) is 23.2 Å². The second-order valence-corrected chi connectivity index (χ2v) is 9.18. The average Bonchev–Trinajstić information content (AvgIpc) is 3.50. The lowest BCUT2D eigenvalue weighted by Gasteiger charge is -2.33. The van der Waals surface area contributed by atoms with Crippen molar-refractivity contribution >= 4 is 28.8 Å². The molecule has 2 aromatic carbocycles. The summed E-state index contributed by atoms with van der Waals surface area (Å²) in [5.74, 6) is 0.267. The fraction of sp³-hybridized carbons (Fsp3) is 0.320. The Morgan fingerprint density at radius 3 is 2.72 bits per heavy atom. The third-order valence-electron chi connectivity index (χ3n) is 6.01. The van der Waals surface area contributed by atoms with Gasteiger partial charge in [-0.2, -0.15) is 0 Å². The van der Waals surface area contributed by atoms with Gasteiger partial charge in [0.05, 0.1) is 11.4 Å². The first kappa shape index (κ1) is 20.7. The summed E-state index contributed by atoms with van der Waals surface area (Å²) in [5, 5.41) is 6.02. The summed E-state index contributed by atoms with van der Waals surface area (Å²) in [4.78, 5) is 31.9. The van der Waals surface area contributed by atoms with Gasteiger partial charge in [0.15, 0.2) is 6.10 Å². The minimum absolute atomic E-state index is 0.00812. The molecule has 32 heavy (non-hydrogen) atoms. The van der Waals surface area contributed by atoms with Crippen LogP contribution in [0, 0.1) is 0 Å². The molecule has 1 N–H and O–H groups in total. The molecule has 1 aliphatic heterocycles. The number of nitrogens with zero attached hydrogens (tertiary/aromatic N) is 2. The molecule has 1 saturated carbocycles. The van der Waals surface area contributed by atoms with E-state index in [9.17, 15) is 9.59 Å². The van der Waals surface area contributed by atoms with Crippen LogP contribution in [0.4, 0.5) is 5.69 Å². The fourth-order valence-electron chi connectivity index (χ4n) is 4.34. The van der Waals surface area contributed by atoms with Crippen LogP contribution in [0.25, 0.3) is 21.8 Å². The highest BCUT2D eigenvalue weighted by Crippen LogP contribution is 2.38. The zero-order valence-corrected chi connectivity index (χ0v) is 18.7. The zero-order valence-electron chi connectivity index (χ0n) is 17.9. The van der Waals surface area contributed by atoms with Crippen molar-refractivity contribution in [3.05, 3.63) is 53.9 Å². The number of anilines is 1. The molecular weight excluding hydrogens is 422 g/mol. The molecular formula is C25H25N3O3S. The quantitative estimate of drug-likeness (QED) is 0.618. The fourth-order valence-corrected chi connectivity index (χ4v) is 5.17. The normalized spacial score (nSPS) is 18.3. The molecule has 1 atom stereocenters. The molecule has 0 spiro atoms. The van der Waals surface area contributed by atoms with E-state index in [1.807, 2.05) is 53.9 Å². The van der Waals surface area contributed by atoms with Gasteiger partial charge in [-0.3, -0.25) is 14.5 Å². The smallest absolute Gasteiger partial charge is 0.268 e. The highest BCUT2D eigenvalue weighted by Gasteiger charge is 2.33. The maximum absolute atomic E-state index is 12.9. The van der Waals surface area contributed by atoms with Gasteiger partial charge in [0.1, 0.15) is 17.3 Å². The molecule has 1 aliphatic carbocycles. The van der Waals surface area contributed by atoms with Crippen LogP contribution in [0.1, 0.15) is 32.6 Å². The van der Waals surface area contributed by atoms with E-state index >= 15 is 0 Å². The molecule has 5 rings (SSSR count). The molecule has 1 unspecified atom stereocenters. The van der Waals surface area contributed by atoms with E-state index < -0.39 is 6.10 Å². The summed E-state index contributed by atoms with van der Waals surface area (Å²) in [6, 6.07) is 16.0. The molecule has 0 radical (unpaired) electrons. The third kappa shape index (κ3) is 4.12. The molecule has 164 valence electrons. The van der Waals surface area contributed by atoms with Crippen molar-refractivity contribution in [2.45, 2.75) is 44.8 Å². The predicted molar refractivity (Wildman–Crippen MR) is 126 cm³/mol. The molecule has 1 aromatic heterocycles. The number of amides is 2. The van der Waals surface area contributed by atoms with E-state index in [0.717, 1.165) is 47.5 Å². The van der Waals surface area contributed by atoms with Crippen molar-refractivity contribution in [3.8, 4) is 27.6 Å². The van der Waals surface area contributed by atoms with Crippen molar-refractivity contribution < 1.29 is 14.3 Å². The summed E-state index contributed by atoms with van der Waals surface area (Å²) in [6.07, 6.45) is 3.67. The maximum Gasteiger partial charge on any atom is 0.268 e. The summed E-state index contributed by atoms with van der Waals surface area (Å²) < 4.78 is 5.81. The Morgan fingerprint density at radius 1 is 1.16 bits per heavy atom. The summed E-state index contributed by atoms with van der Waals surface area (Å²) >= 11 is 1.58. The standard InChI is InChI=1S/C25H25N3O3S/c1-16-25(30)28(14-23(29)26-19-9-5-6-10-19)21-13-18(11-12-22(21)31-16)20-15-32-24(27-20)17-7-3-2-4-8-17/h2-4,7-8,11-13,15-16,19H,5-6,9-10,14H2,1H3,(H,26,29). The largest absolute Gasteiger partial charge is 0.479 e. The summed E-state index contributed by atoms with van der Waals surface area (Å²) in [6.45, 7) is 1.71. The summed E-state index contributed by atoms with van der Waals surface area (Å²) in [7, 11) is 0. The molecule has 1 fully saturated rings. The highest BCUT2D eigenvalue weighted by molar-refractivity contribution is 7.13. The number of benzene rings is 2. The second-order valence-electron chi connectivity index (χ2n) is 8.32. The Morgan fingerprint density at radius 2 is 1.94 bits per heavy atom. The van der Waals surface area contributed by atoms with Crippen LogP contribution in [0.15, 0.2) is 53.9 Å². The Labute approximate surface area is 191 Å². The lowest BCUT2D eigenvalue weighted by Crippen LogP contribution is -2.49. The Kier molecular flexibility index (Phi) is 5.66. The number of thiazole rings is 1. The van der Waals surface area contributed by atoms with Gasteiger partial charge in [-0.05, 0) is 38.0 Å². The number of nitrogens with one attached hydrogen (secondary N) is 1. The minimum Gasteiger partial charge on any atom is -0.479 e. The van der Waals surface area contributed by atoms with Crippen molar-refractivity contribution in [1.29, 1.82) is 0 Å². The van der Waals surface area contributed by atoms with E-state index in [2.05, 4.69) is 5.32 Å². The monoisotopic (exact) mass is 447 g/mol. The third-order valence-corrected chi connectivity index (χ3v) is 6.90. The molecule has 3 aromatic rings. The number of carbonyl (C=O) groups excluding carboxylic acids is 2. The molecule has 2 amide bonds. The molecule has 2 heterocycles. The van der Waals surface area contributed by atoms with Crippen molar-refractivity contribution in [2.75, 3.05) is 11.4 Å². The van der Waals surface area contributed by atoms with E-state index in [1.165, 1.54) is 0 Å². The first-order valence-electron chi connectivity index (χ1n) is 11.0. The molecule has 2 aliphatic rings. The van der Waals surface area contributed by atoms with Crippen molar-refractivity contribution in [3.63, 3.8) is 0 Å². The number of hydrogen-bond donors (Lipinski definition) is 1. The maximum atomic E-state index is 12.9. The van der Waals surface area contributed by atoms with Crippen LogP contribution < -0.4 is 15.0 Å². The van der Waals surface area contributed by atoms with Crippen molar-refractivity contribution in [2.24, 2.45) is 0 Å². The number of rotatable bonds is 5. The van der Waals surface area contributed by atoms with Crippen LogP contribution in [0.2, 0.25) is 0 Å². The van der Waals surface area contributed by atoms with Gasteiger partial charge in [0.25, 0.3) is 5.91 Å². The van der Waals surface area contributed by atoms with E-state index in [0.29, 0.717) is 11.4 Å². The number of fused-ring (bicyclic) bond motifs is 1. The molecule has 6 nitrogen and oxygen atoms in total. The van der Waals surface area contributed by atoms with Gasteiger partial charge in [0.2, 0.25) is 5.91 Å². The van der Waals surface area contributed by atoms with Gasteiger partial charge >= 0.3 is 0 Å². The number of hydrogen-bond acceptors (Lipinski definition) is 5. The SMILES string of the molecule is CC1Oc2ccc(-c3csc(-c4ccccc4)n3)cc2N(CC(=O)NC2CCCC2)C1=O. The van der Waals surface area contributed by atoms with Crippen LogP contribution in [-0.4, -0.2) is 35.5 Å². The number of aromatic nitrogens is 1. The molecule has 0 bridgehead atoms. The lowest BCUT2D eigenvalue weighted by atomic mass is 10.1. The van der Waals surface area contributed by atoms with Gasteiger partial charge in [-0.25, -0.2) is 4.98 Å². The average molecular weight is 448 g/mol. The van der Waals surface area contributed by atoms with Crippen LogP contribution >= 0.6 is 11.3 Å². The Bertz CT molecular complexity index is 1140. The van der Waals surface area contributed by atoms with Gasteiger partial charge in [-0.15, -0.1) is 11.3 Å². The van der Waals surface area contributed by atoms with Gasteiger partial charge < -0.3 is 10.1 Å². The van der Waals surface area contributed by atoms with Crippen molar-refractivity contribution in [1.82, 2.24) is 10.3 Å². The van der Waals surface area contributed by atoms with E-state index in [4.69, 9.17) is 9.72 Å². The number of ether oxygens (including phenoxy) is 1. The first-order valence-corrected chi connectivity index (χ1v) is 11.9. The van der Waals surface area contributed by atoms with Crippen LogP contribution in [0.5, 0.6) is 5.75 Å². The van der Waals surface area contributed by atoms with Crippen LogP contribution in [0.3, 0.4) is 0 Å². The van der Waals surface area contributed by atoms with E-state index in [-0.39, 0.29) is 24.4 Å². The van der Waals surface area contributed by atoms with Gasteiger partial charge in [-0.1, -0.05) is 43.2 Å². The highest BCUT2D eigenvalue weighted by atomic mass is 32.1. The minimum atomic E-state index is -0.628. The molecule has 0 saturated heterocycles.